The number of benzene rings is 1. The second-order valence-corrected chi connectivity index (χ2v) is 5.92. The molecule has 3 aromatic rings. The number of nitrogen functional groups attached to an aromatic ring is 1. The van der Waals surface area contributed by atoms with Crippen molar-refractivity contribution >= 4 is 23.4 Å². The molecule has 3 rings (SSSR count). The van der Waals surface area contributed by atoms with E-state index in [0.717, 1.165) is 12.1 Å². The molecule has 148 valence electrons. The number of hydrogen-bond acceptors (Lipinski definition) is 4. The van der Waals surface area contributed by atoms with Gasteiger partial charge in [-0.05, 0) is 36.3 Å². The number of rotatable bonds is 2. The Morgan fingerprint density at radius 3 is 2.62 bits per heavy atom. The number of nitrogens with two attached hydrogens (primary N) is 1. The van der Waals surface area contributed by atoms with E-state index in [1.165, 1.54) is 29.1 Å². The summed E-state index contributed by atoms with van der Waals surface area (Å²) in [7, 11) is 1.64. The Morgan fingerprint density at radius 1 is 1.14 bits per heavy atom. The SMILES string of the molecule is Cn1nc(NC(=O)Nc2cccc(C(F)(F)F)c2)cc1C#Cc1ccc(N)nc1. The van der Waals surface area contributed by atoms with Gasteiger partial charge in [-0.1, -0.05) is 12.0 Å². The third-order valence-electron chi connectivity index (χ3n) is 3.69. The van der Waals surface area contributed by atoms with Gasteiger partial charge in [-0.3, -0.25) is 10.00 Å². The highest BCUT2D eigenvalue weighted by atomic mass is 19.4. The number of nitrogens with one attached hydrogen (secondary N) is 2. The number of anilines is 3. The molecule has 1 aromatic carbocycles. The number of urea groups is 1. The smallest absolute Gasteiger partial charge is 0.384 e. The third-order valence-corrected chi connectivity index (χ3v) is 3.69. The molecule has 7 nitrogen and oxygen atoms in total. The maximum Gasteiger partial charge on any atom is 0.416 e. The summed E-state index contributed by atoms with van der Waals surface area (Å²) in [5.41, 5.74) is 5.82. The van der Waals surface area contributed by atoms with Crippen molar-refractivity contribution in [1.29, 1.82) is 0 Å². The number of alkyl halides is 3. The number of aryl methyl sites for hydroxylation is 1. The standard InChI is InChI=1S/C19H15F3N6O/c1-28-15(7-5-12-6-8-16(23)24-11-12)10-17(27-28)26-18(29)25-14-4-2-3-13(9-14)19(20,21)22/h2-4,6,8-11H,1H3,(H2,23,24)(H2,25,26,27,29). The maximum absolute atomic E-state index is 12.8. The Hall–Kier alpha value is -4.00. The third kappa shape index (κ3) is 5.26. The Bertz CT molecular complexity index is 1090. The molecule has 2 amide bonds. The van der Waals surface area contributed by atoms with Crippen molar-refractivity contribution in [1.82, 2.24) is 14.8 Å². The lowest BCUT2D eigenvalue weighted by atomic mass is 10.2. The minimum absolute atomic E-state index is 0.00382. The van der Waals surface area contributed by atoms with Gasteiger partial charge in [0.05, 0.1) is 5.56 Å². The molecule has 0 atom stereocenters. The second kappa shape index (κ2) is 7.93. The fourth-order valence-corrected chi connectivity index (χ4v) is 2.31. The average Bonchev–Trinajstić information content (AvgIpc) is 2.99. The number of hydrogen-bond donors (Lipinski definition) is 3. The van der Waals surface area contributed by atoms with Crippen molar-refractivity contribution in [3.63, 3.8) is 0 Å². The molecule has 0 radical (unpaired) electrons. The van der Waals surface area contributed by atoms with E-state index in [0.29, 0.717) is 17.1 Å². The van der Waals surface area contributed by atoms with Crippen LogP contribution in [0.4, 0.5) is 35.3 Å². The lowest BCUT2D eigenvalue weighted by Crippen LogP contribution is -2.20. The highest BCUT2D eigenvalue weighted by Crippen LogP contribution is 2.30. The van der Waals surface area contributed by atoms with E-state index < -0.39 is 17.8 Å². The van der Waals surface area contributed by atoms with E-state index in [2.05, 4.69) is 32.6 Å². The molecule has 4 N–H and O–H groups in total. The average molecular weight is 400 g/mol. The molecule has 10 heteroatoms. The van der Waals surface area contributed by atoms with Gasteiger partial charge in [-0.2, -0.15) is 18.3 Å². The molecular weight excluding hydrogens is 385 g/mol. The zero-order chi connectivity index (χ0) is 21.0. The summed E-state index contributed by atoms with van der Waals surface area (Å²) >= 11 is 0. The Labute approximate surface area is 163 Å². The summed E-state index contributed by atoms with van der Waals surface area (Å²) < 4.78 is 39.7. The molecule has 29 heavy (non-hydrogen) atoms. The van der Waals surface area contributed by atoms with Gasteiger partial charge >= 0.3 is 12.2 Å². The first kappa shape index (κ1) is 19.8. The van der Waals surface area contributed by atoms with Crippen LogP contribution in [0.3, 0.4) is 0 Å². The van der Waals surface area contributed by atoms with Crippen LogP contribution in [0, 0.1) is 11.8 Å². The summed E-state index contributed by atoms with van der Waals surface area (Å²) in [5.74, 6) is 6.36. The summed E-state index contributed by atoms with van der Waals surface area (Å²) in [4.78, 5) is 16.0. The van der Waals surface area contributed by atoms with Crippen LogP contribution in [-0.4, -0.2) is 20.8 Å². The molecule has 0 saturated heterocycles. The van der Waals surface area contributed by atoms with Crippen molar-refractivity contribution < 1.29 is 18.0 Å². The molecular formula is C19H15F3N6O. The number of pyridine rings is 1. The summed E-state index contributed by atoms with van der Waals surface area (Å²) in [5, 5.41) is 8.90. The Kier molecular flexibility index (Phi) is 5.40. The monoisotopic (exact) mass is 400 g/mol. The molecule has 2 heterocycles. The van der Waals surface area contributed by atoms with E-state index in [-0.39, 0.29) is 11.5 Å². The lowest BCUT2D eigenvalue weighted by Gasteiger charge is -2.09. The largest absolute Gasteiger partial charge is 0.416 e. The van der Waals surface area contributed by atoms with Crippen LogP contribution in [0.5, 0.6) is 0 Å². The van der Waals surface area contributed by atoms with Crippen LogP contribution in [0.25, 0.3) is 0 Å². The van der Waals surface area contributed by atoms with E-state index in [1.807, 2.05) is 0 Å². The minimum Gasteiger partial charge on any atom is -0.384 e. The second-order valence-electron chi connectivity index (χ2n) is 5.92. The lowest BCUT2D eigenvalue weighted by molar-refractivity contribution is -0.137. The number of halogens is 3. The highest BCUT2D eigenvalue weighted by molar-refractivity contribution is 5.99. The first-order valence-electron chi connectivity index (χ1n) is 8.23. The van der Waals surface area contributed by atoms with E-state index >= 15 is 0 Å². The summed E-state index contributed by atoms with van der Waals surface area (Å²) in [6, 6.07) is 8.46. The highest BCUT2D eigenvalue weighted by Gasteiger charge is 2.30. The van der Waals surface area contributed by atoms with E-state index in [1.54, 1.807) is 19.2 Å². The van der Waals surface area contributed by atoms with Crippen LogP contribution in [0.1, 0.15) is 16.8 Å². The van der Waals surface area contributed by atoms with Gasteiger partial charge in [0.1, 0.15) is 11.5 Å². The molecule has 0 unspecified atom stereocenters. The topological polar surface area (TPSA) is 97.9 Å². The van der Waals surface area contributed by atoms with Crippen LogP contribution < -0.4 is 16.4 Å². The van der Waals surface area contributed by atoms with Crippen molar-refractivity contribution in [2.75, 3.05) is 16.4 Å². The van der Waals surface area contributed by atoms with Crippen molar-refractivity contribution in [3.05, 3.63) is 65.5 Å². The first-order chi connectivity index (χ1) is 13.7. The van der Waals surface area contributed by atoms with Gasteiger partial charge in [0, 0.05) is 30.6 Å². The number of carbonyl (C=O) groups excluding carboxylic acids is 1. The number of aromatic nitrogens is 3. The van der Waals surface area contributed by atoms with Gasteiger partial charge in [0.15, 0.2) is 5.82 Å². The minimum atomic E-state index is -4.50. The van der Waals surface area contributed by atoms with E-state index in [4.69, 9.17) is 5.73 Å². The molecule has 0 spiro atoms. The number of carbonyl (C=O) groups is 1. The Balaban J connectivity index is 1.68. The molecule has 0 fully saturated rings. The molecule has 0 aliphatic carbocycles. The van der Waals surface area contributed by atoms with Crippen molar-refractivity contribution in [2.24, 2.45) is 7.05 Å². The van der Waals surface area contributed by atoms with Gasteiger partial charge in [0.25, 0.3) is 0 Å². The molecule has 0 aliphatic heterocycles. The van der Waals surface area contributed by atoms with Crippen molar-refractivity contribution in [3.8, 4) is 11.8 Å². The maximum atomic E-state index is 12.8. The molecule has 2 aromatic heterocycles. The van der Waals surface area contributed by atoms with Gasteiger partial charge in [-0.15, -0.1) is 0 Å². The molecule has 0 bridgehead atoms. The Morgan fingerprint density at radius 2 is 1.93 bits per heavy atom. The fourth-order valence-electron chi connectivity index (χ4n) is 2.31. The predicted molar refractivity (Wildman–Crippen MR) is 102 cm³/mol. The predicted octanol–water partition coefficient (Wildman–Crippen LogP) is 3.46. The van der Waals surface area contributed by atoms with Crippen molar-refractivity contribution in [2.45, 2.75) is 6.18 Å². The van der Waals surface area contributed by atoms with Crippen LogP contribution in [-0.2, 0) is 13.2 Å². The zero-order valence-electron chi connectivity index (χ0n) is 15.1. The van der Waals surface area contributed by atoms with Gasteiger partial charge in [-0.25, -0.2) is 9.78 Å². The van der Waals surface area contributed by atoms with Crippen LogP contribution >= 0.6 is 0 Å². The normalized spacial score (nSPS) is 10.8. The van der Waals surface area contributed by atoms with E-state index in [9.17, 15) is 18.0 Å². The molecule has 0 aliphatic rings. The number of amides is 2. The summed E-state index contributed by atoms with van der Waals surface area (Å²) in [6.45, 7) is 0. The van der Waals surface area contributed by atoms with Gasteiger partial charge < -0.3 is 11.1 Å². The van der Waals surface area contributed by atoms with Crippen LogP contribution in [0.15, 0.2) is 48.7 Å². The first-order valence-corrected chi connectivity index (χ1v) is 8.23. The summed E-state index contributed by atoms with van der Waals surface area (Å²) in [6.07, 6.45) is -2.97. The van der Waals surface area contributed by atoms with Gasteiger partial charge in [0.2, 0.25) is 0 Å². The number of nitrogens with zero attached hydrogens (tertiary/aromatic N) is 3. The fraction of sp³-hybridized carbons (Fsp3) is 0.105. The zero-order valence-corrected chi connectivity index (χ0v) is 15.1. The quantitative estimate of drug-likeness (QED) is 0.574. The van der Waals surface area contributed by atoms with Crippen LogP contribution in [0.2, 0.25) is 0 Å². The molecule has 0 saturated carbocycles.